The highest BCUT2D eigenvalue weighted by molar-refractivity contribution is 5.95. The highest BCUT2D eigenvalue weighted by Gasteiger charge is 2.17. The number of carboxylic acid groups (broad SMARTS) is 1. The van der Waals surface area contributed by atoms with Crippen molar-refractivity contribution >= 4 is 17.8 Å². The Kier molecular flexibility index (Phi) is 6.24. The van der Waals surface area contributed by atoms with Crippen molar-refractivity contribution in [2.45, 2.75) is 13.0 Å². The van der Waals surface area contributed by atoms with Crippen molar-refractivity contribution in [2.24, 2.45) is 0 Å². The summed E-state index contributed by atoms with van der Waals surface area (Å²) in [6, 6.07) is 2.31. The van der Waals surface area contributed by atoms with Crippen LogP contribution < -0.4 is 10.6 Å². The molecule has 0 spiro atoms. The second-order valence-corrected chi connectivity index (χ2v) is 3.91. The maximum absolute atomic E-state index is 11.6. The van der Waals surface area contributed by atoms with E-state index < -0.39 is 30.4 Å². The standard InChI is InChI=1S/C12H16N2O6/c1-8(14-12(18)9-3-2-5-20-9)11(17)13-4-6-19-7-10(15)16/h2-3,5,8H,4,6-7H2,1H3,(H,13,17)(H,14,18)(H,15,16). The molecule has 1 aromatic rings. The number of hydrogen-bond acceptors (Lipinski definition) is 5. The smallest absolute Gasteiger partial charge is 0.329 e. The molecule has 0 aliphatic carbocycles. The number of rotatable bonds is 8. The van der Waals surface area contributed by atoms with E-state index in [2.05, 4.69) is 10.6 Å². The zero-order valence-corrected chi connectivity index (χ0v) is 10.9. The molecule has 20 heavy (non-hydrogen) atoms. The van der Waals surface area contributed by atoms with E-state index in [9.17, 15) is 14.4 Å². The first-order valence-corrected chi connectivity index (χ1v) is 5.92. The molecule has 1 unspecified atom stereocenters. The van der Waals surface area contributed by atoms with Crippen molar-refractivity contribution in [3.63, 3.8) is 0 Å². The lowest BCUT2D eigenvalue weighted by molar-refractivity contribution is -0.142. The van der Waals surface area contributed by atoms with Gasteiger partial charge in [-0.1, -0.05) is 0 Å². The molecule has 0 aromatic carbocycles. The fourth-order valence-corrected chi connectivity index (χ4v) is 1.30. The minimum Gasteiger partial charge on any atom is -0.480 e. The molecule has 1 rings (SSSR count). The third-order valence-corrected chi connectivity index (χ3v) is 2.26. The number of carbonyl (C=O) groups excluding carboxylic acids is 2. The van der Waals surface area contributed by atoms with Crippen LogP contribution in [0.4, 0.5) is 0 Å². The number of carboxylic acids is 1. The first kappa shape index (κ1) is 15.7. The largest absolute Gasteiger partial charge is 0.480 e. The number of ether oxygens (including phenoxy) is 1. The van der Waals surface area contributed by atoms with Gasteiger partial charge in [-0.05, 0) is 19.1 Å². The summed E-state index contributed by atoms with van der Waals surface area (Å²) in [6.07, 6.45) is 1.36. The van der Waals surface area contributed by atoms with Crippen molar-refractivity contribution in [2.75, 3.05) is 19.8 Å². The summed E-state index contributed by atoms with van der Waals surface area (Å²) in [5, 5.41) is 13.3. The topological polar surface area (TPSA) is 118 Å². The summed E-state index contributed by atoms with van der Waals surface area (Å²) >= 11 is 0. The highest BCUT2D eigenvalue weighted by Crippen LogP contribution is 1.99. The fraction of sp³-hybridized carbons (Fsp3) is 0.417. The number of furan rings is 1. The number of carbonyl (C=O) groups is 3. The molecule has 0 bridgehead atoms. The van der Waals surface area contributed by atoms with E-state index in [4.69, 9.17) is 14.3 Å². The molecule has 1 heterocycles. The average Bonchev–Trinajstić information content (AvgIpc) is 2.91. The lowest BCUT2D eigenvalue weighted by Gasteiger charge is -2.13. The summed E-state index contributed by atoms with van der Waals surface area (Å²) in [5.41, 5.74) is 0. The predicted octanol–water partition coefficient (Wildman–Crippen LogP) is -0.385. The quantitative estimate of drug-likeness (QED) is 0.560. The van der Waals surface area contributed by atoms with E-state index in [1.807, 2.05) is 0 Å². The lowest BCUT2D eigenvalue weighted by Crippen LogP contribution is -2.45. The van der Waals surface area contributed by atoms with Gasteiger partial charge in [0.05, 0.1) is 12.9 Å². The van der Waals surface area contributed by atoms with Gasteiger partial charge in [0.1, 0.15) is 12.6 Å². The highest BCUT2D eigenvalue weighted by atomic mass is 16.5. The van der Waals surface area contributed by atoms with E-state index in [-0.39, 0.29) is 18.9 Å². The average molecular weight is 284 g/mol. The summed E-state index contributed by atoms with van der Waals surface area (Å²) < 4.78 is 9.64. The predicted molar refractivity (Wildman–Crippen MR) is 67.1 cm³/mol. The first-order valence-electron chi connectivity index (χ1n) is 5.92. The molecular weight excluding hydrogens is 268 g/mol. The van der Waals surface area contributed by atoms with Crippen LogP contribution in [-0.4, -0.2) is 48.7 Å². The monoisotopic (exact) mass is 284 g/mol. The van der Waals surface area contributed by atoms with Crippen LogP contribution in [0.1, 0.15) is 17.5 Å². The summed E-state index contributed by atoms with van der Waals surface area (Å²) in [7, 11) is 0. The molecule has 3 N–H and O–H groups in total. The van der Waals surface area contributed by atoms with Crippen molar-refractivity contribution in [1.82, 2.24) is 10.6 Å². The van der Waals surface area contributed by atoms with Gasteiger partial charge in [0.25, 0.3) is 5.91 Å². The molecule has 2 amide bonds. The second-order valence-electron chi connectivity index (χ2n) is 3.91. The normalized spacial score (nSPS) is 11.7. The van der Waals surface area contributed by atoms with Crippen LogP contribution >= 0.6 is 0 Å². The van der Waals surface area contributed by atoms with Crippen LogP contribution in [0.5, 0.6) is 0 Å². The van der Waals surface area contributed by atoms with Crippen LogP contribution in [0.3, 0.4) is 0 Å². The molecule has 0 saturated carbocycles. The molecule has 1 aromatic heterocycles. The van der Waals surface area contributed by atoms with Gasteiger partial charge >= 0.3 is 5.97 Å². The SMILES string of the molecule is CC(NC(=O)c1ccco1)C(=O)NCCOCC(=O)O. The van der Waals surface area contributed by atoms with E-state index in [0.717, 1.165) is 0 Å². The molecule has 0 radical (unpaired) electrons. The molecule has 8 heteroatoms. The molecule has 1 atom stereocenters. The summed E-state index contributed by atoms with van der Waals surface area (Å²) in [4.78, 5) is 33.4. The molecule has 110 valence electrons. The molecule has 0 saturated heterocycles. The zero-order chi connectivity index (χ0) is 15.0. The fourth-order valence-electron chi connectivity index (χ4n) is 1.30. The summed E-state index contributed by atoms with van der Waals surface area (Å²) in [6.45, 7) is 1.35. The van der Waals surface area contributed by atoms with Gasteiger partial charge in [-0.3, -0.25) is 9.59 Å². The van der Waals surface area contributed by atoms with E-state index in [1.54, 1.807) is 6.07 Å². The molecule has 0 aliphatic rings. The van der Waals surface area contributed by atoms with Gasteiger partial charge in [0, 0.05) is 6.54 Å². The van der Waals surface area contributed by atoms with Crippen molar-refractivity contribution in [1.29, 1.82) is 0 Å². The van der Waals surface area contributed by atoms with Crippen LogP contribution in [0.25, 0.3) is 0 Å². The van der Waals surface area contributed by atoms with Crippen molar-refractivity contribution in [3.8, 4) is 0 Å². The van der Waals surface area contributed by atoms with Gasteiger partial charge in [0.15, 0.2) is 5.76 Å². The molecule has 0 fully saturated rings. The van der Waals surface area contributed by atoms with Gasteiger partial charge < -0.3 is 24.9 Å². The third kappa shape index (κ3) is 5.53. The lowest BCUT2D eigenvalue weighted by atomic mass is 10.3. The minimum absolute atomic E-state index is 0.0802. The Morgan fingerprint density at radius 3 is 2.80 bits per heavy atom. The maximum Gasteiger partial charge on any atom is 0.329 e. The second kappa shape index (κ2) is 7.95. The van der Waals surface area contributed by atoms with Gasteiger partial charge in [-0.25, -0.2) is 4.79 Å². The Bertz CT molecular complexity index is 457. The number of nitrogens with one attached hydrogen (secondary N) is 2. The molecular formula is C12H16N2O6. The van der Waals surface area contributed by atoms with Crippen molar-refractivity contribution < 1.29 is 28.6 Å². The van der Waals surface area contributed by atoms with Crippen LogP contribution in [0.2, 0.25) is 0 Å². The van der Waals surface area contributed by atoms with Gasteiger partial charge in [0.2, 0.25) is 5.91 Å². The van der Waals surface area contributed by atoms with Crippen LogP contribution in [-0.2, 0) is 14.3 Å². The summed E-state index contributed by atoms with van der Waals surface area (Å²) in [5.74, 6) is -1.84. The van der Waals surface area contributed by atoms with E-state index in [1.165, 1.54) is 19.3 Å². The van der Waals surface area contributed by atoms with E-state index >= 15 is 0 Å². The van der Waals surface area contributed by atoms with Crippen molar-refractivity contribution in [3.05, 3.63) is 24.2 Å². The van der Waals surface area contributed by atoms with Crippen LogP contribution in [0.15, 0.2) is 22.8 Å². The van der Waals surface area contributed by atoms with E-state index in [0.29, 0.717) is 0 Å². The Morgan fingerprint density at radius 1 is 1.45 bits per heavy atom. The Hall–Kier alpha value is -2.35. The number of hydrogen-bond donors (Lipinski definition) is 3. The molecule has 8 nitrogen and oxygen atoms in total. The Labute approximate surface area is 115 Å². The third-order valence-electron chi connectivity index (χ3n) is 2.26. The molecule has 0 aliphatic heterocycles. The van der Waals surface area contributed by atoms with Gasteiger partial charge in [-0.2, -0.15) is 0 Å². The minimum atomic E-state index is -1.07. The number of aliphatic carboxylic acids is 1. The first-order chi connectivity index (χ1) is 9.50. The zero-order valence-electron chi connectivity index (χ0n) is 10.9. The Balaban J connectivity index is 2.22. The van der Waals surface area contributed by atoms with Gasteiger partial charge in [-0.15, -0.1) is 0 Å². The maximum atomic E-state index is 11.6. The van der Waals surface area contributed by atoms with Crippen LogP contribution in [0, 0.1) is 0 Å². The number of amides is 2. The Morgan fingerprint density at radius 2 is 2.20 bits per heavy atom.